The summed E-state index contributed by atoms with van der Waals surface area (Å²) in [5, 5.41) is 2.57. The van der Waals surface area contributed by atoms with Gasteiger partial charge in [-0.25, -0.2) is 4.79 Å². The third-order valence-electron chi connectivity index (χ3n) is 3.62. The molecular weight excluding hydrogens is 294 g/mol. The van der Waals surface area contributed by atoms with Crippen molar-refractivity contribution in [3.8, 4) is 0 Å². The maximum atomic E-state index is 12.3. The first kappa shape index (κ1) is 16.7. The number of likely N-dealkylation sites (N-methyl/N-ethyl adjacent to an activating group) is 1. The van der Waals surface area contributed by atoms with Crippen LogP contribution in [0, 0.1) is 0 Å². The Labute approximate surface area is 135 Å². The van der Waals surface area contributed by atoms with Gasteiger partial charge < -0.3 is 10.2 Å². The highest BCUT2D eigenvalue weighted by molar-refractivity contribution is 6.00. The van der Waals surface area contributed by atoms with Gasteiger partial charge in [0.1, 0.15) is 6.54 Å². The molecule has 1 fully saturated rings. The molecule has 0 saturated carbocycles. The monoisotopic (exact) mass is 315 g/mol. The molecule has 2 rings (SSSR count). The molecule has 23 heavy (non-hydrogen) atoms. The number of nitrogens with one attached hydrogen (secondary N) is 1. The van der Waals surface area contributed by atoms with Crippen molar-refractivity contribution in [2.75, 3.05) is 26.2 Å². The van der Waals surface area contributed by atoms with Crippen molar-refractivity contribution in [1.29, 1.82) is 0 Å². The lowest BCUT2D eigenvalue weighted by Gasteiger charge is -2.27. The molecule has 4 amide bonds. The molecule has 1 aromatic rings. The van der Waals surface area contributed by atoms with E-state index in [1.165, 1.54) is 0 Å². The first-order valence-electron chi connectivity index (χ1n) is 7.69. The number of rotatable bonds is 6. The quantitative estimate of drug-likeness (QED) is 0.864. The first-order valence-corrected chi connectivity index (χ1v) is 7.69. The topological polar surface area (TPSA) is 69.7 Å². The number of carbonyl (C=O) groups excluding carboxylic acids is 3. The van der Waals surface area contributed by atoms with Crippen LogP contribution in [0.1, 0.15) is 18.9 Å². The summed E-state index contributed by atoms with van der Waals surface area (Å²) in [5.74, 6) is -0.548. The molecule has 1 N–H and O–H groups in total. The molecule has 0 atom stereocenters. The summed E-state index contributed by atoms with van der Waals surface area (Å²) >= 11 is 0. The van der Waals surface area contributed by atoms with Gasteiger partial charge in [0.2, 0.25) is 11.8 Å². The highest BCUT2D eigenvalue weighted by atomic mass is 16.2. The fourth-order valence-corrected chi connectivity index (χ4v) is 2.30. The third kappa shape index (κ3) is 4.67. The van der Waals surface area contributed by atoms with Crippen LogP contribution in [0.4, 0.5) is 4.79 Å². The van der Waals surface area contributed by atoms with Crippen molar-refractivity contribution in [2.45, 2.75) is 13.3 Å². The first-order chi connectivity index (χ1) is 11.1. The van der Waals surface area contributed by atoms with Crippen LogP contribution in [0.25, 0.3) is 6.08 Å². The number of benzene rings is 1. The number of hydrogen-bond donors (Lipinski definition) is 1. The zero-order chi connectivity index (χ0) is 16.7. The Morgan fingerprint density at radius 2 is 2.04 bits per heavy atom. The molecule has 6 heteroatoms. The number of hydrogen-bond acceptors (Lipinski definition) is 3. The van der Waals surface area contributed by atoms with Crippen molar-refractivity contribution < 1.29 is 14.4 Å². The summed E-state index contributed by atoms with van der Waals surface area (Å²) in [7, 11) is 0. The van der Waals surface area contributed by atoms with Crippen LogP contribution in [-0.2, 0) is 9.59 Å². The number of imide groups is 1. The van der Waals surface area contributed by atoms with Gasteiger partial charge in [0, 0.05) is 26.1 Å². The molecule has 0 spiro atoms. The minimum atomic E-state index is -0.495. The average molecular weight is 315 g/mol. The fourth-order valence-electron chi connectivity index (χ4n) is 2.30. The molecule has 1 aliphatic rings. The van der Waals surface area contributed by atoms with Crippen LogP contribution < -0.4 is 5.32 Å². The standard InChI is InChI=1S/C17H21N3O3/c1-2-19(12-6-9-14-7-4-3-5-8-14)16(22)13-20-15(21)10-11-18-17(20)23/h3-9H,2,10-13H2,1H3,(H,18,23)/b9-6+. The van der Waals surface area contributed by atoms with Crippen molar-refractivity contribution in [3.63, 3.8) is 0 Å². The van der Waals surface area contributed by atoms with Gasteiger partial charge in [-0.3, -0.25) is 14.5 Å². The van der Waals surface area contributed by atoms with Gasteiger partial charge in [-0.2, -0.15) is 0 Å². The minimum absolute atomic E-state index is 0.211. The highest BCUT2D eigenvalue weighted by Gasteiger charge is 2.28. The Morgan fingerprint density at radius 3 is 2.70 bits per heavy atom. The molecule has 0 bridgehead atoms. The van der Waals surface area contributed by atoms with Crippen molar-refractivity contribution in [3.05, 3.63) is 42.0 Å². The summed E-state index contributed by atoms with van der Waals surface area (Å²) in [5.41, 5.74) is 1.06. The lowest BCUT2D eigenvalue weighted by molar-refractivity contribution is -0.138. The zero-order valence-electron chi connectivity index (χ0n) is 13.2. The summed E-state index contributed by atoms with van der Waals surface area (Å²) in [6.07, 6.45) is 4.07. The lowest BCUT2D eigenvalue weighted by Crippen LogP contribution is -2.53. The van der Waals surface area contributed by atoms with Gasteiger partial charge in [0.25, 0.3) is 0 Å². The van der Waals surface area contributed by atoms with Crippen LogP contribution in [0.5, 0.6) is 0 Å². The van der Waals surface area contributed by atoms with E-state index in [1.54, 1.807) is 4.90 Å². The Kier molecular flexibility index (Phi) is 5.91. The van der Waals surface area contributed by atoms with Gasteiger partial charge >= 0.3 is 6.03 Å². The van der Waals surface area contributed by atoms with E-state index in [-0.39, 0.29) is 24.8 Å². The van der Waals surface area contributed by atoms with Crippen LogP contribution in [0.15, 0.2) is 36.4 Å². The number of nitrogens with zero attached hydrogens (tertiary/aromatic N) is 2. The number of carbonyl (C=O) groups is 3. The molecule has 1 saturated heterocycles. The predicted octanol–water partition coefficient (Wildman–Crippen LogP) is 1.49. The van der Waals surface area contributed by atoms with Gasteiger partial charge in [0.05, 0.1) is 0 Å². The minimum Gasteiger partial charge on any atom is -0.338 e. The van der Waals surface area contributed by atoms with E-state index in [0.717, 1.165) is 10.5 Å². The zero-order valence-corrected chi connectivity index (χ0v) is 13.2. The smallest absolute Gasteiger partial charge is 0.324 e. The Morgan fingerprint density at radius 1 is 1.30 bits per heavy atom. The van der Waals surface area contributed by atoms with Crippen LogP contribution in [0.3, 0.4) is 0 Å². The second kappa shape index (κ2) is 8.12. The third-order valence-corrected chi connectivity index (χ3v) is 3.62. The predicted molar refractivity (Wildman–Crippen MR) is 87.5 cm³/mol. The molecule has 6 nitrogen and oxygen atoms in total. The molecule has 1 aliphatic heterocycles. The maximum absolute atomic E-state index is 12.3. The molecule has 0 aliphatic carbocycles. The van der Waals surface area contributed by atoms with Crippen LogP contribution >= 0.6 is 0 Å². The van der Waals surface area contributed by atoms with Gasteiger partial charge in [-0.05, 0) is 12.5 Å². The van der Waals surface area contributed by atoms with E-state index >= 15 is 0 Å². The van der Waals surface area contributed by atoms with Crippen molar-refractivity contribution in [2.24, 2.45) is 0 Å². The molecule has 1 aromatic carbocycles. The molecule has 0 aromatic heterocycles. The SMILES string of the molecule is CCN(C/C=C/c1ccccc1)C(=O)CN1C(=O)CCNC1=O. The van der Waals surface area contributed by atoms with E-state index in [1.807, 2.05) is 49.4 Å². The highest BCUT2D eigenvalue weighted by Crippen LogP contribution is 2.05. The molecule has 0 radical (unpaired) electrons. The summed E-state index contributed by atoms with van der Waals surface area (Å²) in [4.78, 5) is 38.3. The maximum Gasteiger partial charge on any atom is 0.324 e. The molecule has 0 unspecified atom stereocenters. The van der Waals surface area contributed by atoms with E-state index in [0.29, 0.717) is 19.6 Å². The Hall–Kier alpha value is -2.63. The Balaban J connectivity index is 1.92. The Bertz CT molecular complexity index is 582. The second-order valence-corrected chi connectivity index (χ2v) is 5.21. The van der Waals surface area contributed by atoms with Crippen molar-refractivity contribution >= 4 is 23.9 Å². The van der Waals surface area contributed by atoms with Gasteiger partial charge in [-0.15, -0.1) is 0 Å². The largest absolute Gasteiger partial charge is 0.338 e. The van der Waals surface area contributed by atoms with Crippen molar-refractivity contribution in [1.82, 2.24) is 15.1 Å². The lowest BCUT2D eigenvalue weighted by atomic mass is 10.2. The van der Waals surface area contributed by atoms with Gasteiger partial charge in [0.15, 0.2) is 0 Å². The summed E-state index contributed by atoms with van der Waals surface area (Å²) < 4.78 is 0. The van der Waals surface area contributed by atoms with Crippen LogP contribution in [0.2, 0.25) is 0 Å². The van der Waals surface area contributed by atoms with E-state index in [9.17, 15) is 14.4 Å². The normalized spacial score (nSPS) is 14.9. The second-order valence-electron chi connectivity index (χ2n) is 5.21. The number of urea groups is 1. The van der Waals surface area contributed by atoms with E-state index in [4.69, 9.17) is 0 Å². The summed E-state index contributed by atoms with van der Waals surface area (Å²) in [6, 6.07) is 9.30. The number of amides is 4. The average Bonchev–Trinajstić information content (AvgIpc) is 2.56. The fraction of sp³-hybridized carbons (Fsp3) is 0.353. The van der Waals surface area contributed by atoms with E-state index in [2.05, 4.69) is 5.32 Å². The molecular formula is C17H21N3O3. The van der Waals surface area contributed by atoms with E-state index < -0.39 is 6.03 Å². The summed E-state index contributed by atoms with van der Waals surface area (Å²) in [6.45, 7) is 2.94. The molecule has 122 valence electrons. The van der Waals surface area contributed by atoms with Crippen LogP contribution in [-0.4, -0.2) is 53.8 Å². The van der Waals surface area contributed by atoms with Gasteiger partial charge in [-0.1, -0.05) is 42.5 Å². The molecule has 1 heterocycles.